The van der Waals surface area contributed by atoms with Crippen molar-refractivity contribution in [1.29, 1.82) is 0 Å². The van der Waals surface area contributed by atoms with Gasteiger partial charge >= 0.3 is 6.09 Å². The third-order valence-corrected chi connectivity index (χ3v) is 5.61. The molecule has 2 heterocycles. The van der Waals surface area contributed by atoms with Crippen LogP contribution in [0.4, 0.5) is 10.6 Å². The van der Waals surface area contributed by atoms with Gasteiger partial charge in [-0.25, -0.2) is 27.2 Å². The topological polar surface area (TPSA) is 94.4 Å². The first-order chi connectivity index (χ1) is 13.0. The Balaban J connectivity index is 1.97. The quantitative estimate of drug-likeness (QED) is 0.667. The lowest BCUT2D eigenvalue weighted by Gasteiger charge is -2.23. The molecule has 0 saturated heterocycles. The van der Waals surface area contributed by atoms with E-state index in [1.807, 2.05) is 6.92 Å². The highest BCUT2D eigenvalue weighted by atomic mass is 32.2. The van der Waals surface area contributed by atoms with Crippen LogP contribution >= 0.6 is 0 Å². The SMILES string of the molecule is Cc1ccc(S(=O)(=O)n2ccc3nc(N(C)C(=O)OC(C)(C)C)cnc32)cc1. The number of aryl methyl sites for hydroxylation is 1. The predicted octanol–water partition coefficient (Wildman–Crippen LogP) is 3.35. The van der Waals surface area contributed by atoms with Crippen LogP contribution in [0.1, 0.15) is 26.3 Å². The van der Waals surface area contributed by atoms with Crippen molar-refractivity contribution >= 4 is 33.1 Å². The first-order valence-electron chi connectivity index (χ1n) is 8.62. The molecule has 28 heavy (non-hydrogen) atoms. The van der Waals surface area contributed by atoms with Crippen LogP contribution in [-0.2, 0) is 14.8 Å². The van der Waals surface area contributed by atoms with Gasteiger partial charge in [-0.05, 0) is 45.9 Å². The van der Waals surface area contributed by atoms with E-state index in [0.29, 0.717) is 5.52 Å². The number of carbonyl (C=O) groups excluding carboxylic acids is 1. The fourth-order valence-corrected chi connectivity index (χ4v) is 3.78. The third-order valence-electron chi connectivity index (χ3n) is 3.93. The molecule has 0 fully saturated rings. The van der Waals surface area contributed by atoms with Gasteiger partial charge in [0.25, 0.3) is 10.0 Å². The van der Waals surface area contributed by atoms with Crippen molar-refractivity contribution < 1.29 is 17.9 Å². The van der Waals surface area contributed by atoms with Gasteiger partial charge in [0, 0.05) is 13.2 Å². The van der Waals surface area contributed by atoms with Crippen LogP contribution in [0, 0.1) is 6.92 Å². The zero-order chi connectivity index (χ0) is 20.7. The highest BCUT2D eigenvalue weighted by Gasteiger charge is 2.24. The highest BCUT2D eigenvalue weighted by molar-refractivity contribution is 7.90. The molecule has 0 N–H and O–H groups in total. The van der Waals surface area contributed by atoms with Gasteiger partial charge in [0.2, 0.25) is 0 Å². The largest absolute Gasteiger partial charge is 0.443 e. The van der Waals surface area contributed by atoms with E-state index in [0.717, 1.165) is 9.54 Å². The summed E-state index contributed by atoms with van der Waals surface area (Å²) in [6.45, 7) is 7.19. The third kappa shape index (κ3) is 3.84. The summed E-state index contributed by atoms with van der Waals surface area (Å²) in [6.07, 6.45) is 2.16. The monoisotopic (exact) mass is 402 g/mol. The molecule has 0 saturated carbocycles. The first-order valence-corrected chi connectivity index (χ1v) is 10.1. The summed E-state index contributed by atoms with van der Waals surface area (Å²) in [6, 6.07) is 8.11. The Morgan fingerprint density at radius 3 is 2.39 bits per heavy atom. The van der Waals surface area contributed by atoms with Gasteiger partial charge in [-0.15, -0.1) is 0 Å². The van der Waals surface area contributed by atoms with Crippen molar-refractivity contribution in [3.05, 3.63) is 48.3 Å². The summed E-state index contributed by atoms with van der Waals surface area (Å²) >= 11 is 0. The lowest BCUT2D eigenvalue weighted by Crippen LogP contribution is -2.34. The van der Waals surface area contributed by atoms with E-state index in [1.165, 1.54) is 24.3 Å². The first kappa shape index (κ1) is 19.8. The lowest BCUT2D eigenvalue weighted by atomic mass is 10.2. The number of nitrogens with zero attached hydrogens (tertiary/aromatic N) is 4. The van der Waals surface area contributed by atoms with Crippen LogP contribution in [0.3, 0.4) is 0 Å². The summed E-state index contributed by atoms with van der Waals surface area (Å²) in [5.74, 6) is 0.257. The van der Waals surface area contributed by atoms with Gasteiger partial charge in [0.15, 0.2) is 11.5 Å². The fraction of sp³-hybridized carbons (Fsp3) is 0.316. The average Bonchev–Trinajstić information content (AvgIpc) is 3.04. The van der Waals surface area contributed by atoms with Gasteiger partial charge in [0.1, 0.15) is 11.1 Å². The van der Waals surface area contributed by atoms with E-state index >= 15 is 0 Å². The number of fused-ring (bicyclic) bond motifs is 1. The zero-order valence-electron chi connectivity index (χ0n) is 16.4. The molecule has 0 aliphatic rings. The molecule has 0 spiro atoms. The summed E-state index contributed by atoms with van der Waals surface area (Å²) in [7, 11) is -2.29. The van der Waals surface area contributed by atoms with Crippen LogP contribution < -0.4 is 4.90 Å². The molecule has 3 rings (SSSR count). The summed E-state index contributed by atoms with van der Waals surface area (Å²) in [5.41, 5.74) is 0.852. The average molecular weight is 402 g/mol. The Labute approximate surface area is 163 Å². The molecule has 8 nitrogen and oxygen atoms in total. The maximum atomic E-state index is 12.9. The number of amides is 1. The molecule has 0 aliphatic heterocycles. The second-order valence-electron chi connectivity index (χ2n) is 7.41. The number of rotatable bonds is 3. The van der Waals surface area contributed by atoms with Gasteiger partial charge < -0.3 is 4.74 Å². The number of benzene rings is 1. The molecule has 0 atom stereocenters. The second-order valence-corrected chi connectivity index (χ2v) is 9.22. The van der Waals surface area contributed by atoms with Crippen molar-refractivity contribution in [1.82, 2.24) is 13.9 Å². The van der Waals surface area contributed by atoms with Gasteiger partial charge in [-0.2, -0.15) is 0 Å². The molecule has 148 valence electrons. The molecule has 1 aromatic carbocycles. The molecule has 3 aromatic rings. The smallest absolute Gasteiger partial charge is 0.415 e. The number of carbonyl (C=O) groups is 1. The van der Waals surface area contributed by atoms with E-state index in [-0.39, 0.29) is 16.4 Å². The summed E-state index contributed by atoms with van der Waals surface area (Å²) < 4.78 is 32.2. The van der Waals surface area contributed by atoms with Gasteiger partial charge in [0.05, 0.1) is 11.1 Å². The van der Waals surface area contributed by atoms with Crippen molar-refractivity contribution in [2.75, 3.05) is 11.9 Å². The highest BCUT2D eigenvalue weighted by Crippen LogP contribution is 2.22. The Morgan fingerprint density at radius 2 is 1.79 bits per heavy atom. The second kappa shape index (κ2) is 6.90. The molecular weight excluding hydrogens is 380 g/mol. The molecule has 0 aliphatic carbocycles. The van der Waals surface area contributed by atoms with Crippen molar-refractivity contribution in [3.63, 3.8) is 0 Å². The Morgan fingerprint density at radius 1 is 1.14 bits per heavy atom. The molecule has 9 heteroatoms. The minimum atomic E-state index is -3.80. The van der Waals surface area contributed by atoms with E-state index < -0.39 is 21.7 Å². The van der Waals surface area contributed by atoms with E-state index in [1.54, 1.807) is 51.1 Å². The molecule has 0 unspecified atom stereocenters. The van der Waals surface area contributed by atoms with Crippen molar-refractivity contribution in [3.8, 4) is 0 Å². The van der Waals surface area contributed by atoms with Gasteiger partial charge in [-0.3, -0.25) is 4.90 Å². The van der Waals surface area contributed by atoms with E-state index in [9.17, 15) is 13.2 Å². The number of aromatic nitrogens is 3. The zero-order valence-corrected chi connectivity index (χ0v) is 17.2. The van der Waals surface area contributed by atoms with Crippen molar-refractivity contribution in [2.45, 2.75) is 38.2 Å². The fourth-order valence-electron chi connectivity index (χ4n) is 2.48. The maximum Gasteiger partial charge on any atom is 0.415 e. The Kier molecular flexibility index (Phi) is 4.88. The van der Waals surface area contributed by atoms with Crippen LogP contribution in [-0.4, -0.2) is 41.1 Å². The Hall–Kier alpha value is -2.94. The Bertz CT molecular complexity index is 1130. The minimum Gasteiger partial charge on any atom is -0.443 e. The van der Waals surface area contributed by atoms with Crippen LogP contribution in [0.2, 0.25) is 0 Å². The van der Waals surface area contributed by atoms with Crippen LogP contribution in [0.25, 0.3) is 11.2 Å². The molecular formula is C19H22N4O4S. The van der Waals surface area contributed by atoms with Crippen LogP contribution in [0.5, 0.6) is 0 Å². The maximum absolute atomic E-state index is 12.9. The van der Waals surface area contributed by atoms with Crippen LogP contribution in [0.15, 0.2) is 47.6 Å². The lowest BCUT2D eigenvalue weighted by molar-refractivity contribution is 0.0588. The molecule has 0 radical (unpaired) electrons. The summed E-state index contributed by atoms with van der Waals surface area (Å²) in [4.78, 5) is 22.2. The molecule has 2 aromatic heterocycles. The normalized spacial score (nSPS) is 12.2. The van der Waals surface area contributed by atoms with Crippen molar-refractivity contribution in [2.24, 2.45) is 0 Å². The summed E-state index contributed by atoms with van der Waals surface area (Å²) in [5, 5.41) is 0. The number of anilines is 1. The molecule has 0 bridgehead atoms. The van der Waals surface area contributed by atoms with E-state index in [2.05, 4.69) is 9.97 Å². The van der Waals surface area contributed by atoms with Gasteiger partial charge in [-0.1, -0.05) is 17.7 Å². The number of hydrogen-bond acceptors (Lipinski definition) is 6. The molecule has 1 amide bonds. The van der Waals surface area contributed by atoms with E-state index in [4.69, 9.17) is 4.74 Å². The minimum absolute atomic E-state index is 0.160. The predicted molar refractivity (Wildman–Crippen MR) is 106 cm³/mol. The number of ether oxygens (including phenoxy) is 1. The standard InChI is InChI=1S/C19H22N4O4S/c1-13-6-8-14(9-7-13)28(25,26)23-11-10-15-17(23)20-12-16(21-15)22(5)18(24)27-19(2,3)4/h6-12H,1-5H3. The number of hydrogen-bond donors (Lipinski definition) is 0.